The monoisotopic (exact) mass is 402 g/mol. The Morgan fingerprint density at radius 3 is 2.66 bits per heavy atom. The number of ketones is 1. The van der Waals surface area contributed by atoms with Crippen LogP contribution in [0.5, 0.6) is 0 Å². The number of hydrogen-bond acceptors (Lipinski definition) is 5. The maximum absolute atomic E-state index is 12.8. The van der Waals surface area contributed by atoms with Crippen LogP contribution < -0.4 is 0 Å². The van der Waals surface area contributed by atoms with Gasteiger partial charge in [0.25, 0.3) is 0 Å². The Morgan fingerprint density at radius 1 is 1.17 bits per heavy atom. The smallest absolute Gasteiger partial charge is 0.194 e. The third kappa shape index (κ3) is 2.53. The normalized spacial score (nSPS) is 50.3. The molecule has 3 fully saturated rings. The Balaban J connectivity index is 1.61. The van der Waals surface area contributed by atoms with E-state index in [1.54, 1.807) is 7.11 Å². The fourth-order valence-electron chi connectivity index (χ4n) is 7.54. The summed E-state index contributed by atoms with van der Waals surface area (Å²) in [5, 5.41) is 11.2. The topological polar surface area (TPSA) is 65.0 Å². The second kappa shape index (κ2) is 5.95. The van der Waals surface area contributed by atoms with Gasteiger partial charge in [0.05, 0.1) is 0 Å². The number of aliphatic hydroxyl groups is 1. The van der Waals surface area contributed by atoms with E-state index in [0.29, 0.717) is 17.1 Å². The van der Waals surface area contributed by atoms with Crippen molar-refractivity contribution in [3.63, 3.8) is 0 Å². The number of carbonyl (C=O) groups is 1. The van der Waals surface area contributed by atoms with Crippen LogP contribution in [0.4, 0.5) is 0 Å². The quantitative estimate of drug-likeness (QED) is 0.721. The summed E-state index contributed by atoms with van der Waals surface area (Å²) in [6, 6.07) is 0. The largest absolute Gasteiger partial charge is 0.486 e. The lowest BCUT2D eigenvalue weighted by molar-refractivity contribution is -0.171. The number of fused-ring (bicyclic) bond motifs is 6. The number of rotatable bonds is 1. The molecule has 5 nitrogen and oxygen atoms in total. The molecule has 2 heterocycles. The van der Waals surface area contributed by atoms with Crippen molar-refractivity contribution >= 4 is 5.78 Å². The van der Waals surface area contributed by atoms with E-state index < -0.39 is 18.0 Å². The summed E-state index contributed by atoms with van der Waals surface area (Å²) in [6.45, 7) is 9.47. The van der Waals surface area contributed by atoms with Crippen LogP contribution in [-0.4, -0.2) is 41.6 Å². The van der Waals surface area contributed by atoms with Gasteiger partial charge < -0.3 is 19.3 Å². The number of hydrogen-bond donors (Lipinski definition) is 1. The standard InChI is InChI=1S/C24H34O5/c1-21(2)8-6-9-22(3)16(21)7-10-23(4)17(22)11-14-15(29-23)12-18(25)24(26)13-19(27-5)28-20(14)24/h11-12,16-17,19-20,26H,6-10,13H2,1-5H3. The first-order valence-electron chi connectivity index (χ1n) is 11.1. The number of ether oxygens (including phenoxy) is 3. The molecule has 0 bridgehead atoms. The first kappa shape index (κ1) is 19.8. The third-order valence-electron chi connectivity index (χ3n) is 8.98. The Labute approximate surface area is 173 Å². The average molecular weight is 403 g/mol. The molecule has 2 aliphatic heterocycles. The molecule has 160 valence electrons. The first-order valence-corrected chi connectivity index (χ1v) is 11.1. The molecule has 7 unspecified atom stereocenters. The number of carbonyl (C=O) groups excluding carboxylic acids is 1. The average Bonchev–Trinajstić information content (AvgIpc) is 2.98. The van der Waals surface area contributed by atoms with Crippen LogP contribution in [0, 0.1) is 22.7 Å². The van der Waals surface area contributed by atoms with Gasteiger partial charge in [0, 0.05) is 31.1 Å². The van der Waals surface area contributed by atoms with Crippen molar-refractivity contribution in [1.82, 2.24) is 0 Å². The minimum atomic E-state index is -1.56. The Hall–Kier alpha value is -1.17. The summed E-state index contributed by atoms with van der Waals surface area (Å²) in [7, 11) is 1.55. The van der Waals surface area contributed by atoms with Gasteiger partial charge in [-0.15, -0.1) is 0 Å². The lowest BCUT2D eigenvalue weighted by atomic mass is 9.45. The van der Waals surface area contributed by atoms with Crippen molar-refractivity contribution in [1.29, 1.82) is 0 Å². The lowest BCUT2D eigenvalue weighted by Gasteiger charge is -2.63. The molecule has 5 rings (SSSR count). The van der Waals surface area contributed by atoms with Crippen molar-refractivity contribution in [2.45, 2.75) is 89.8 Å². The SMILES string of the molecule is COC1CC2(O)C(=O)C=C3OC4(C)CCC5C(C)(C)CCCC5(C)C4C=C3C2O1. The summed E-state index contributed by atoms with van der Waals surface area (Å²) in [5.41, 5.74) is -0.611. The third-order valence-corrected chi connectivity index (χ3v) is 8.98. The molecule has 0 aromatic carbocycles. The highest BCUT2D eigenvalue weighted by atomic mass is 16.7. The van der Waals surface area contributed by atoms with Crippen molar-refractivity contribution in [2.24, 2.45) is 22.7 Å². The van der Waals surface area contributed by atoms with Gasteiger partial charge in [-0.25, -0.2) is 0 Å². The van der Waals surface area contributed by atoms with Gasteiger partial charge in [-0.05, 0) is 49.4 Å². The molecule has 0 radical (unpaired) electrons. The minimum absolute atomic E-state index is 0.131. The molecule has 0 aromatic rings. The summed E-state index contributed by atoms with van der Waals surface area (Å²) in [6.07, 6.45) is 8.45. The molecule has 2 saturated carbocycles. The molecule has 1 N–H and O–H groups in total. The van der Waals surface area contributed by atoms with E-state index in [2.05, 4.69) is 33.8 Å². The van der Waals surface area contributed by atoms with Gasteiger partial charge in [-0.1, -0.05) is 33.3 Å². The summed E-state index contributed by atoms with van der Waals surface area (Å²) >= 11 is 0. The van der Waals surface area contributed by atoms with Gasteiger partial charge in [0.2, 0.25) is 0 Å². The van der Waals surface area contributed by atoms with E-state index in [-0.39, 0.29) is 29.1 Å². The number of methoxy groups -OCH3 is 1. The van der Waals surface area contributed by atoms with E-state index in [0.717, 1.165) is 18.4 Å². The zero-order valence-corrected chi connectivity index (χ0v) is 18.3. The Morgan fingerprint density at radius 2 is 1.93 bits per heavy atom. The molecule has 0 amide bonds. The van der Waals surface area contributed by atoms with Crippen LogP contribution in [-0.2, 0) is 19.0 Å². The zero-order valence-electron chi connectivity index (χ0n) is 18.3. The maximum atomic E-state index is 12.8. The van der Waals surface area contributed by atoms with Gasteiger partial charge in [-0.2, -0.15) is 0 Å². The highest BCUT2D eigenvalue weighted by Gasteiger charge is 2.63. The van der Waals surface area contributed by atoms with Gasteiger partial charge in [-0.3, -0.25) is 4.79 Å². The molecule has 7 atom stereocenters. The predicted octanol–water partition coefficient (Wildman–Crippen LogP) is 3.90. The van der Waals surface area contributed by atoms with Crippen molar-refractivity contribution in [2.75, 3.05) is 7.11 Å². The summed E-state index contributed by atoms with van der Waals surface area (Å²) in [5.74, 6) is 1.10. The summed E-state index contributed by atoms with van der Waals surface area (Å²) in [4.78, 5) is 12.8. The second-order valence-corrected chi connectivity index (χ2v) is 11.1. The fourth-order valence-corrected chi connectivity index (χ4v) is 7.54. The molecular weight excluding hydrogens is 368 g/mol. The molecular formula is C24H34O5. The molecule has 29 heavy (non-hydrogen) atoms. The van der Waals surface area contributed by atoms with E-state index in [4.69, 9.17) is 14.2 Å². The molecule has 3 aliphatic carbocycles. The van der Waals surface area contributed by atoms with E-state index in [1.165, 1.54) is 25.3 Å². The highest BCUT2D eigenvalue weighted by Crippen LogP contribution is 2.65. The molecule has 0 aromatic heterocycles. The first-order chi connectivity index (χ1) is 13.5. The maximum Gasteiger partial charge on any atom is 0.194 e. The predicted molar refractivity (Wildman–Crippen MR) is 108 cm³/mol. The minimum Gasteiger partial charge on any atom is -0.486 e. The summed E-state index contributed by atoms with van der Waals surface area (Å²) < 4.78 is 17.9. The van der Waals surface area contributed by atoms with Crippen LogP contribution in [0.3, 0.4) is 0 Å². The van der Waals surface area contributed by atoms with Crippen molar-refractivity contribution in [3.8, 4) is 0 Å². The van der Waals surface area contributed by atoms with Crippen molar-refractivity contribution in [3.05, 3.63) is 23.5 Å². The zero-order chi connectivity index (χ0) is 20.8. The van der Waals surface area contributed by atoms with Crippen molar-refractivity contribution < 1.29 is 24.1 Å². The Kier molecular flexibility index (Phi) is 4.06. The Bertz CT molecular complexity index is 812. The van der Waals surface area contributed by atoms with Crippen LogP contribution in [0.1, 0.15) is 66.2 Å². The van der Waals surface area contributed by atoms with E-state index >= 15 is 0 Å². The van der Waals surface area contributed by atoms with E-state index in [9.17, 15) is 9.90 Å². The van der Waals surface area contributed by atoms with Crippen LogP contribution in [0.15, 0.2) is 23.5 Å². The van der Waals surface area contributed by atoms with Crippen LogP contribution in [0.25, 0.3) is 0 Å². The van der Waals surface area contributed by atoms with Crippen LogP contribution >= 0.6 is 0 Å². The molecule has 5 aliphatic rings. The van der Waals surface area contributed by atoms with Gasteiger partial charge >= 0.3 is 0 Å². The highest BCUT2D eigenvalue weighted by molar-refractivity contribution is 6.01. The molecule has 1 saturated heterocycles. The van der Waals surface area contributed by atoms with Crippen LogP contribution in [0.2, 0.25) is 0 Å². The molecule has 0 spiro atoms. The van der Waals surface area contributed by atoms with Gasteiger partial charge in [0.1, 0.15) is 17.5 Å². The van der Waals surface area contributed by atoms with E-state index in [1.807, 2.05) is 0 Å². The molecule has 5 heteroatoms. The lowest BCUT2D eigenvalue weighted by Crippen LogP contribution is -2.60. The second-order valence-electron chi connectivity index (χ2n) is 11.1. The fraction of sp³-hybridized carbons (Fsp3) is 0.792. The van der Waals surface area contributed by atoms with Gasteiger partial charge in [0.15, 0.2) is 17.7 Å².